The molecule has 0 aliphatic carbocycles. The van der Waals surface area contributed by atoms with Gasteiger partial charge in [-0.25, -0.2) is 0 Å². The molecule has 0 bridgehead atoms. The van der Waals surface area contributed by atoms with Crippen molar-refractivity contribution in [2.24, 2.45) is 0 Å². The highest BCUT2D eigenvalue weighted by Gasteiger charge is 2.10. The predicted octanol–water partition coefficient (Wildman–Crippen LogP) is 2.68. The summed E-state index contributed by atoms with van der Waals surface area (Å²) < 4.78 is 9.92. The van der Waals surface area contributed by atoms with Gasteiger partial charge in [0.2, 0.25) is 0 Å². The van der Waals surface area contributed by atoms with E-state index in [2.05, 4.69) is 0 Å². The zero-order chi connectivity index (χ0) is 14.1. The number of carbonyl (C=O) groups excluding carboxylic acids is 2. The number of hydrogen-bond donors (Lipinski definition) is 0. The van der Waals surface area contributed by atoms with Crippen molar-refractivity contribution in [2.75, 3.05) is 6.61 Å². The minimum atomic E-state index is -0.662. The van der Waals surface area contributed by atoms with Crippen LogP contribution in [0, 0.1) is 0 Å². The third-order valence-electron chi connectivity index (χ3n) is 2.34. The summed E-state index contributed by atoms with van der Waals surface area (Å²) in [6.07, 6.45) is 0.653. The highest BCUT2D eigenvalue weighted by Crippen LogP contribution is 2.03. The number of rotatable bonds is 7. The third-order valence-corrected chi connectivity index (χ3v) is 2.52. The largest absolute Gasteiger partial charge is 0.465 e. The molecule has 0 spiro atoms. The zero-order valence-electron chi connectivity index (χ0n) is 10.8. The number of benzene rings is 1. The van der Waals surface area contributed by atoms with Crippen molar-refractivity contribution in [3.63, 3.8) is 0 Å². The van der Waals surface area contributed by atoms with Crippen LogP contribution in [0.15, 0.2) is 30.3 Å². The highest BCUT2D eigenvalue weighted by molar-refractivity contribution is 6.29. The van der Waals surface area contributed by atoms with E-state index in [1.54, 1.807) is 0 Å². The number of esters is 2. The standard InChI is InChI=1S/C14H17ClO4/c1-11(15)14(17)18-9-5-8-13(16)19-10-12-6-3-2-4-7-12/h2-4,6-7,11H,5,8-10H2,1H3/t11-/m0/s1. The number of carbonyl (C=O) groups is 2. The SMILES string of the molecule is C[C@H](Cl)C(=O)OCCCC(=O)OCc1ccccc1. The van der Waals surface area contributed by atoms with Gasteiger partial charge in [0.05, 0.1) is 6.61 Å². The molecule has 0 fully saturated rings. The van der Waals surface area contributed by atoms with E-state index in [1.165, 1.54) is 6.92 Å². The number of ether oxygens (including phenoxy) is 2. The average molecular weight is 285 g/mol. The number of hydrogen-bond acceptors (Lipinski definition) is 4. The maximum Gasteiger partial charge on any atom is 0.323 e. The van der Waals surface area contributed by atoms with Crippen LogP contribution >= 0.6 is 11.6 Å². The van der Waals surface area contributed by atoms with Crippen molar-refractivity contribution in [3.05, 3.63) is 35.9 Å². The van der Waals surface area contributed by atoms with Crippen molar-refractivity contribution < 1.29 is 19.1 Å². The number of alkyl halides is 1. The Morgan fingerprint density at radius 3 is 2.53 bits per heavy atom. The lowest BCUT2D eigenvalue weighted by Gasteiger charge is -2.06. The zero-order valence-corrected chi connectivity index (χ0v) is 11.6. The fourth-order valence-electron chi connectivity index (χ4n) is 1.31. The second-order valence-electron chi connectivity index (χ2n) is 4.03. The smallest absolute Gasteiger partial charge is 0.323 e. The van der Waals surface area contributed by atoms with Crippen LogP contribution in [0.5, 0.6) is 0 Å². The molecule has 0 saturated carbocycles. The van der Waals surface area contributed by atoms with Gasteiger partial charge in [0.1, 0.15) is 12.0 Å². The molecule has 0 radical (unpaired) electrons. The van der Waals surface area contributed by atoms with Crippen molar-refractivity contribution >= 4 is 23.5 Å². The minimum absolute atomic E-state index is 0.177. The molecule has 0 saturated heterocycles. The molecule has 5 heteroatoms. The van der Waals surface area contributed by atoms with Crippen LogP contribution in [0.1, 0.15) is 25.3 Å². The number of halogens is 1. The Morgan fingerprint density at radius 2 is 1.89 bits per heavy atom. The topological polar surface area (TPSA) is 52.6 Å². The molecule has 0 aliphatic rings. The summed E-state index contributed by atoms with van der Waals surface area (Å²) in [5, 5.41) is -0.662. The Balaban J connectivity index is 2.10. The molecule has 1 aromatic carbocycles. The first-order chi connectivity index (χ1) is 9.09. The van der Waals surface area contributed by atoms with Crippen LogP contribution in [0.3, 0.4) is 0 Å². The molecule has 0 heterocycles. The van der Waals surface area contributed by atoms with Crippen LogP contribution in [0.4, 0.5) is 0 Å². The molecule has 0 unspecified atom stereocenters. The molecule has 0 aliphatic heterocycles. The van der Waals surface area contributed by atoms with E-state index in [1.807, 2.05) is 30.3 Å². The first-order valence-electron chi connectivity index (χ1n) is 6.10. The molecule has 0 amide bonds. The molecule has 1 rings (SSSR count). The van der Waals surface area contributed by atoms with Gasteiger partial charge >= 0.3 is 11.9 Å². The van der Waals surface area contributed by atoms with E-state index >= 15 is 0 Å². The Hall–Kier alpha value is -1.55. The van der Waals surface area contributed by atoms with E-state index in [9.17, 15) is 9.59 Å². The first kappa shape index (κ1) is 15.5. The second kappa shape index (κ2) is 8.53. The van der Waals surface area contributed by atoms with Crippen LogP contribution in [-0.4, -0.2) is 23.9 Å². The Bertz CT molecular complexity index is 403. The molecule has 0 aromatic heterocycles. The summed E-state index contributed by atoms with van der Waals surface area (Å²) in [5.41, 5.74) is 0.943. The summed E-state index contributed by atoms with van der Waals surface area (Å²) in [4.78, 5) is 22.4. The van der Waals surface area contributed by atoms with Gasteiger partial charge in [-0.3, -0.25) is 9.59 Å². The summed E-state index contributed by atoms with van der Waals surface area (Å²) in [6, 6.07) is 9.44. The van der Waals surface area contributed by atoms with Gasteiger partial charge in [-0.1, -0.05) is 30.3 Å². The van der Waals surface area contributed by atoms with Crippen molar-refractivity contribution in [2.45, 2.75) is 31.7 Å². The maximum atomic E-state index is 11.4. The molecule has 0 N–H and O–H groups in total. The first-order valence-corrected chi connectivity index (χ1v) is 6.53. The van der Waals surface area contributed by atoms with Gasteiger partial charge in [0.25, 0.3) is 0 Å². The maximum absolute atomic E-state index is 11.4. The van der Waals surface area contributed by atoms with E-state index in [0.717, 1.165) is 5.56 Å². The van der Waals surface area contributed by atoms with Gasteiger partial charge < -0.3 is 9.47 Å². The lowest BCUT2D eigenvalue weighted by Crippen LogP contribution is -2.15. The van der Waals surface area contributed by atoms with Crippen LogP contribution in [-0.2, 0) is 25.7 Å². The van der Waals surface area contributed by atoms with Gasteiger partial charge in [-0.05, 0) is 18.9 Å². The van der Waals surface area contributed by atoms with Gasteiger partial charge in [0, 0.05) is 6.42 Å². The molecule has 104 valence electrons. The van der Waals surface area contributed by atoms with Gasteiger partial charge in [-0.2, -0.15) is 0 Å². The monoisotopic (exact) mass is 284 g/mol. The normalized spacial score (nSPS) is 11.7. The second-order valence-corrected chi connectivity index (χ2v) is 4.69. The molecule has 1 aromatic rings. The fourth-order valence-corrected chi connectivity index (χ4v) is 1.38. The lowest BCUT2D eigenvalue weighted by atomic mass is 10.2. The Morgan fingerprint density at radius 1 is 1.21 bits per heavy atom. The van der Waals surface area contributed by atoms with Crippen molar-refractivity contribution in [1.29, 1.82) is 0 Å². The minimum Gasteiger partial charge on any atom is -0.465 e. The van der Waals surface area contributed by atoms with Gasteiger partial charge in [0.15, 0.2) is 0 Å². The van der Waals surface area contributed by atoms with Crippen LogP contribution in [0.25, 0.3) is 0 Å². The summed E-state index contributed by atoms with van der Waals surface area (Å²) in [6.45, 7) is 1.98. The molecule has 19 heavy (non-hydrogen) atoms. The van der Waals surface area contributed by atoms with E-state index in [0.29, 0.717) is 6.42 Å². The predicted molar refractivity (Wildman–Crippen MR) is 71.7 cm³/mol. The summed E-state index contributed by atoms with van der Waals surface area (Å²) >= 11 is 5.52. The Kier molecular flexibility index (Phi) is 6.97. The lowest BCUT2D eigenvalue weighted by molar-refractivity contribution is -0.148. The van der Waals surface area contributed by atoms with Crippen molar-refractivity contribution in [1.82, 2.24) is 0 Å². The Labute approximate surface area is 117 Å². The third kappa shape index (κ3) is 6.82. The van der Waals surface area contributed by atoms with Crippen LogP contribution in [0.2, 0.25) is 0 Å². The quantitative estimate of drug-likeness (QED) is 0.439. The van der Waals surface area contributed by atoms with E-state index in [-0.39, 0.29) is 25.6 Å². The average Bonchev–Trinajstić information content (AvgIpc) is 2.42. The van der Waals surface area contributed by atoms with E-state index in [4.69, 9.17) is 21.1 Å². The molecular formula is C14H17ClO4. The van der Waals surface area contributed by atoms with Gasteiger partial charge in [-0.15, -0.1) is 11.6 Å². The van der Waals surface area contributed by atoms with Crippen molar-refractivity contribution in [3.8, 4) is 0 Å². The van der Waals surface area contributed by atoms with Crippen LogP contribution < -0.4 is 0 Å². The molecule has 1 atom stereocenters. The molecular weight excluding hydrogens is 268 g/mol. The fraction of sp³-hybridized carbons (Fsp3) is 0.429. The highest BCUT2D eigenvalue weighted by atomic mass is 35.5. The summed E-state index contributed by atoms with van der Waals surface area (Å²) in [5.74, 6) is -0.779. The van der Waals surface area contributed by atoms with E-state index < -0.39 is 11.3 Å². The summed E-state index contributed by atoms with van der Waals surface area (Å²) in [7, 11) is 0. The molecule has 4 nitrogen and oxygen atoms in total.